The molecule has 2 aromatic carbocycles. The largest absolute Gasteiger partial charge is 0.760 e. The molecule has 0 amide bonds. The number of hydrogen-bond donors (Lipinski definition) is 2. The standard InChI is InChI=1S/C29H31ClF2N6.H3NO2S/c1-36-10-12-37(13-11-36)20-4-6-21(7-5-20)38-16-23(27-28(33)34-17-35-29(27)38)19-2-8-22(26(32)15-19)18-3-9-25(31)24(30)14-18;1-4(2)3/h2-3,8-9,14-17,20-21H,4-7,10-13H2,1H3,(H2,33,34,35);1H2,(H,2,3)/p-1. The smallest absolute Gasteiger partial charge is 0.146 e. The van der Waals surface area contributed by atoms with Crippen molar-refractivity contribution in [3.8, 4) is 22.3 Å². The molecule has 13 heteroatoms. The van der Waals surface area contributed by atoms with Gasteiger partial charge in [-0.1, -0.05) is 29.8 Å². The summed E-state index contributed by atoms with van der Waals surface area (Å²) in [5.41, 5.74) is 9.49. The maximum Gasteiger partial charge on any atom is 0.146 e. The molecule has 1 aliphatic carbocycles. The summed E-state index contributed by atoms with van der Waals surface area (Å²) in [6.45, 7) is 4.53. The first-order chi connectivity index (χ1) is 20.1. The van der Waals surface area contributed by atoms with Crippen LogP contribution in [0.1, 0.15) is 31.7 Å². The van der Waals surface area contributed by atoms with E-state index >= 15 is 4.39 Å². The molecule has 1 aliphatic heterocycles. The van der Waals surface area contributed by atoms with Crippen LogP contribution in [-0.4, -0.2) is 72.4 Å². The number of aromatic nitrogens is 3. The highest BCUT2D eigenvalue weighted by Crippen LogP contribution is 2.40. The lowest BCUT2D eigenvalue weighted by Crippen LogP contribution is -2.49. The maximum absolute atomic E-state index is 15.3. The minimum atomic E-state index is -2.36. The van der Waals surface area contributed by atoms with E-state index < -0.39 is 22.9 Å². The second kappa shape index (κ2) is 13.1. The third-order valence-electron chi connectivity index (χ3n) is 8.26. The monoisotopic (exact) mass is 616 g/mol. The fourth-order valence-corrected chi connectivity index (χ4v) is 6.26. The number of nitrogen functional groups attached to an aromatic ring is 1. The van der Waals surface area contributed by atoms with Crippen LogP contribution in [0.3, 0.4) is 0 Å². The number of nitrogens with zero attached hydrogens (tertiary/aromatic N) is 5. The van der Waals surface area contributed by atoms with Crippen molar-refractivity contribution in [1.29, 1.82) is 0 Å². The van der Waals surface area contributed by atoms with Gasteiger partial charge in [0.1, 0.15) is 29.4 Å². The van der Waals surface area contributed by atoms with Gasteiger partial charge in [-0.15, -0.1) is 0 Å². The third-order valence-corrected chi connectivity index (χ3v) is 8.55. The average molecular weight is 617 g/mol. The highest BCUT2D eigenvalue weighted by atomic mass is 35.5. The summed E-state index contributed by atoms with van der Waals surface area (Å²) in [6, 6.07) is 10.2. The van der Waals surface area contributed by atoms with Crippen LogP contribution in [0.5, 0.6) is 0 Å². The molecular weight excluding hydrogens is 584 g/mol. The molecular formula is C29H33ClF2N7O2S-. The van der Waals surface area contributed by atoms with Gasteiger partial charge in [0.05, 0.1) is 10.4 Å². The minimum Gasteiger partial charge on any atom is -0.760 e. The molecule has 9 nitrogen and oxygen atoms in total. The van der Waals surface area contributed by atoms with E-state index in [0.29, 0.717) is 34.6 Å². The van der Waals surface area contributed by atoms with Crippen molar-refractivity contribution >= 4 is 39.7 Å². The Morgan fingerprint density at radius 2 is 1.55 bits per heavy atom. The van der Waals surface area contributed by atoms with Crippen molar-refractivity contribution in [3.63, 3.8) is 0 Å². The van der Waals surface area contributed by atoms with Gasteiger partial charge in [-0.3, -0.25) is 14.2 Å². The Labute approximate surface area is 250 Å². The number of nitrogens with two attached hydrogens (primary N) is 2. The fourth-order valence-electron chi connectivity index (χ4n) is 6.07. The molecule has 42 heavy (non-hydrogen) atoms. The molecule has 1 saturated heterocycles. The van der Waals surface area contributed by atoms with Crippen LogP contribution in [0.25, 0.3) is 33.3 Å². The third kappa shape index (κ3) is 6.64. The van der Waals surface area contributed by atoms with E-state index in [9.17, 15) is 4.39 Å². The quantitative estimate of drug-likeness (QED) is 0.317. The first kappa shape index (κ1) is 30.5. The zero-order chi connectivity index (χ0) is 30.0. The van der Waals surface area contributed by atoms with Crippen LogP contribution >= 0.6 is 11.6 Å². The normalized spacial score (nSPS) is 20.7. The van der Waals surface area contributed by atoms with Gasteiger partial charge in [-0.2, -0.15) is 0 Å². The molecule has 0 radical (unpaired) electrons. The number of likely N-dealkylation sites (N-methyl/N-ethyl adjacent to an activating group) is 1. The number of piperazine rings is 1. The summed E-state index contributed by atoms with van der Waals surface area (Å²) in [7, 11) is 2.19. The zero-order valence-corrected chi connectivity index (χ0v) is 24.8. The first-order valence-electron chi connectivity index (χ1n) is 13.7. The Morgan fingerprint density at radius 1 is 0.929 bits per heavy atom. The topological polar surface area (TPSA) is 129 Å². The lowest BCUT2D eigenvalue weighted by molar-refractivity contribution is 0.0828. The van der Waals surface area contributed by atoms with Crippen LogP contribution < -0.4 is 10.9 Å². The Hall–Kier alpha value is -3.00. The number of benzene rings is 2. The predicted octanol–water partition coefficient (Wildman–Crippen LogP) is 4.75. The van der Waals surface area contributed by atoms with Crippen molar-refractivity contribution in [2.45, 2.75) is 37.8 Å². The van der Waals surface area contributed by atoms with Gasteiger partial charge in [0.25, 0.3) is 0 Å². The molecule has 4 aromatic rings. The lowest BCUT2D eigenvalue weighted by atomic mass is 9.89. The summed E-state index contributed by atoms with van der Waals surface area (Å²) in [4.78, 5) is 13.9. The summed E-state index contributed by atoms with van der Waals surface area (Å²) >= 11 is 3.57. The number of anilines is 1. The van der Waals surface area contributed by atoms with Gasteiger partial charge in [0.15, 0.2) is 0 Å². The first-order valence-corrected chi connectivity index (χ1v) is 15.3. The SMILES string of the molecule is CN1CCN(C2CCC(n3cc(-c4ccc(-c5ccc(F)c(Cl)c5)c(F)c4)c4c(N)ncnc43)CC2)CC1.NS(=O)[O-]. The average Bonchev–Trinajstić information content (AvgIpc) is 3.36. The minimum absolute atomic E-state index is 0.0405. The molecule has 0 bridgehead atoms. The molecule has 0 spiro atoms. The molecule has 2 fully saturated rings. The van der Waals surface area contributed by atoms with Crippen LogP contribution in [0.15, 0.2) is 48.9 Å². The molecule has 1 unspecified atom stereocenters. The van der Waals surface area contributed by atoms with E-state index in [1.807, 2.05) is 6.07 Å². The molecule has 4 N–H and O–H groups in total. The Balaban J connectivity index is 0.000000830. The van der Waals surface area contributed by atoms with E-state index in [2.05, 4.69) is 42.7 Å². The number of hydrogen-bond acceptors (Lipinski definition) is 7. The Bertz CT molecular complexity index is 1580. The van der Waals surface area contributed by atoms with Crippen molar-refractivity contribution < 1.29 is 17.5 Å². The highest BCUT2D eigenvalue weighted by molar-refractivity contribution is 7.76. The molecule has 1 saturated carbocycles. The van der Waals surface area contributed by atoms with Crippen molar-refractivity contribution in [2.24, 2.45) is 5.14 Å². The van der Waals surface area contributed by atoms with Gasteiger partial charge < -0.3 is 19.8 Å². The second-order valence-electron chi connectivity index (χ2n) is 10.8. The van der Waals surface area contributed by atoms with E-state index in [1.165, 1.54) is 30.6 Å². The molecule has 1 atom stereocenters. The molecule has 224 valence electrons. The van der Waals surface area contributed by atoms with Crippen LogP contribution in [0.2, 0.25) is 5.02 Å². The van der Waals surface area contributed by atoms with Crippen molar-refractivity contribution in [3.05, 3.63) is 65.6 Å². The summed E-state index contributed by atoms with van der Waals surface area (Å²) < 4.78 is 48.7. The summed E-state index contributed by atoms with van der Waals surface area (Å²) in [5.74, 6) is -0.577. The highest BCUT2D eigenvalue weighted by Gasteiger charge is 2.30. The van der Waals surface area contributed by atoms with Gasteiger partial charge in [0, 0.05) is 66.9 Å². The lowest BCUT2D eigenvalue weighted by Gasteiger charge is -2.41. The fraction of sp³-hybridized carbons (Fsp3) is 0.379. The van der Waals surface area contributed by atoms with Crippen LogP contribution in [0, 0.1) is 11.6 Å². The second-order valence-corrected chi connectivity index (χ2v) is 11.7. The zero-order valence-electron chi connectivity index (χ0n) is 23.2. The van der Waals surface area contributed by atoms with Gasteiger partial charge >= 0.3 is 0 Å². The molecule has 2 aromatic heterocycles. The Kier molecular flexibility index (Phi) is 9.50. The number of rotatable bonds is 4. The van der Waals surface area contributed by atoms with Crippen LogP contribution in [0.4, 0.5) is 14.6 Å². The van der Waals surface area contributed by atoms with Gasteiger partial charge in [0.2, 0.25) is 0 Å². The predicted molar refractivity (Wildman–Crippen MR) is 161 cm³/mol. The number of halogens is 3. The Morgan fingerprint density at radius 3 is 2.19 bits per heavy atom. The van der Waals surface area contributed by atoms with Crippen molar-refractivity contribution in [1.82, 2.24) is 24.3 Å². The van der Waals surface area contributed by atoms with E-state index in [0.717, 1.165) is 68.5 Å². The van der Waals surface area contributed by atoms with Crippen molar-refractivity contribution in [2.75, 3.05) is 39.0 Å². The molecule has 6 rings (SSSR count). The van der Waals surface area contributed by atoms with E-state index in [4.69, 9.17) is 26.1 Å². The molecule has 2 aliphatic rings. The van der Waals surface area contributed by atoms with E-state index in [-0.39, 0.29) is 5.02 Å². The number of fused-ring (bicyclic) bond motifs is 1. The summed E-state index contributed by atoms with van der Waals surface area (Å²) in [6.07, 6.45) is 7.96. The summed E-state index contributed by atoms with van der Waals surface area (Å²) in [5, 5.41) is 4.73. The van der Waals surface area contributed by atoms with Gasteiger partial charge in [-0.25, -0.2) is 18.7 Å². The maximum atomic E-state index is 15.3. The van der Waals surface area contributed by atoms with Crippen LogP contribution in [-0.2, 0) is 11.3 Å². The van der Waals surface area contributed by atoms with E-state index in [1.54, 1.807) is 6.07 Å². The molecule has 3 heterocycles. The van der Waals surface area contributed by atoms with Gasteiger partial charge in [-0.05, 0) is 62.1 Å².